The van der Waals surface area contributed by atoms with Crippen LogP contribution in [0.2, 0.25) is 5.02 Å². The van der Waals surface area contributed by atoms with E-state index >= 15 is 0 Å². The van der Waals surface area contributed by atoms with Crippen LogP contribution in [0.5, 0.6) is 11.5 Å². The third-order valence-electron chi connectivity index (χ3n) is 12.0. The highest BCUT2D eigenvalue weighted by Gasteiger charge is 2.64. The van der Waals surface area contributed by atoms with Crippen LogP contribution in [0, 0.1) is 22.2 Å². The molecule has 1 saturated carbocycles. The molecule has 1 aromatic heterocycles. The van der Waals surface area contributed by atoms with Crippen LogP contribution in [0.15, 0.2) is 54.7 Å². The molecule has 57 heavy (non-hydrogen) atoms. The first-order valence-electron chi connectivity index (χ1n) is 19.5. The Morgan fingerprint density at radius 1 is 0.947 bits per heavy atom. The number of fused-ring (bicyclic) bond motifs is 1. The molecule has 3 aromatic rings. The molecule has 2 saturated heterocycles. The van der Waals surface area contributed by atoms with E-state index in [-0.39, 0.29) is 52.9 Å². The number of hydrogen-bond donors (Lipinski definition) is 2. The van der Waals surface area contributed by atoms with Gasteiger partial charge in [-0.15, -0.1) is 0 Å². The molecule has 14 heteroatoms. The number of carbonyl (C=O) groups excluding carboxylic acids is 5. The lowest BCUT2D eigenvalue weighted by Gasteiger charge is -2.63. The second-order valence-electron chi connectivity index (χ2n) is 16.6. The molecule has 7 rings (SSSR count). The van der Waals surface area contributed by atoms with Crippen molar-refractivity contribution in [2.24, 2.45) is 10.8 Å². The van der Waals surface area contributed by atoms with Gasteiger partial charge >= 0.3 is 0 Å². The Balaban J connectivity index is 0.826. The fourth-order valence-corrected chi connectivity index (χ4v) is 9.42. The summed E-state index contributed by atoms with van der Waals surface area (Å²) >= 11 is 6.23. The van der Waals surface area contributed by atoms with Crippen LogP contribution in [-0.4, -0.2) is 88.7 Å². The van der Waals surface area contributed by atoms with E-state index in [1.54, 1.807) is 42.6 Å². The Bertz CT molecular complexity index is 2120. The normalized spacial score (nSPS) is 22.9. The van der Waals surface area contributed by atoms with Crippen molar-refractivity contribution in [3.8, 4) is 17.6 Å². The number of halogens is 1. The van der Waals surface area contributed by atoms with E-state index in [4.69, 9.17) is 26.1 Å². The molecule has 0 bridgehead atoms. The Morgan fingerprint density at radius 3 is 2.33 bits per heavy atom. The van der Waals surface area contributed by atoms with Gasteiger partial charge in [0.1, 0.15) is 29.7 Å². The smallest absolute Gasteiger partial charge is 0.262 e. The Labute approximate surface area is 337 Å². The summed E-state index contributed by atoms with van der Waals surface area (Å²) in [5, 5.41) is 15.0. The molecule has 4 aliphatic rings. The minimum atomic E-state index is -1.00. The molecule has 2 N–H and O–H groups in total. The highest BCUT2D eigenvalue weighted by molar-refractivity contribution is 6.31. The van der Waals surface area contributed by atoms with Crippen LogP contribution in [0.25, 0.3) is 0 Å². The van der Waals surface area contributed by atoms with E-state index < -0.39 is 29.7 Å². The minimum absolute atomic E-state index is 0.0713. The molecule has 1 aliphatic carbocycles. The maximum atomic E-state index is 13.4. The largest absolute Gasteiger partial charge is 0.494 e. The van der Waals surface area contributed by atoms with Crippen LogP contribution >= 0.6 is 11.6 Å². The van der Waals surface area contributed by atoms with Crippen molar-refractivity contribution in [2.45, 2.75) is 90.3 Å². The van der Waals surface area contributed by atoms with Gasteiger partial charge in [0.15, 0.2) is 0 Å². The van der Waals surface area contributed by atoms with E-state index in [0.717, 1.165) is 55.9 Å². The van der Waals surface area contributed by atoms with Crippen molar-refractivity contribution in [2.75, 3.05) is 26.2 Å². The Kier molecular flexibility index (Phi) is 11.1. The molecule has 1 unspecified atom stereocenters. The lowest BCUT2D eigenvalue weighted by Crippen LogP contribution is -2.74. The van der Waals surface area contributed by atoms with E-state index in [2.05, 4.69) is 49.3 Å². The first-order valence-corrected chi connectivity index (χ1v) is 19.9. The predicted octanol–water partition coefficient (Wildman–Crippen LogP) is 5.66. The number of pyridine rings is 1. The van der Waals surface area contributed by atoms with Gasteiger partial charge in [0.2, 0.25) is 11.8 Å². The van der Waals surface area contributed by atoms with Crippen LogP contribution in [0.3, 0.4) is 0 Å². The van der Waals surface area contributed by atoms with Gasteiger partial charge in [-0.1, -0.05) is 39.3 Å². The summed E-state index contributed by atoms with van der Waals surface area (Å²) in [6.45, 7) is 11.6. The van der Waals surface area contributed by atoms with E-state index in [1.807, 2.05) is 12.1 Å². The molecule has 3 fully saturated rings. The van der Waals surface area contributed by atoms with Gasteiger partial charge in [-0.25, -0.2) is 0 Å². The molecule has 0 radical (unpaired) electrons. The lowest BCUT2D eigenvalue weighted by molar-refractivity contribution is -0.164. The number of carbonyl (C=O) groups is 5. The summed E-state index contributed by atoms with van der Waals surface area (Å²) in [6, 6.07) is 14.6. The summed E-state index contributed by atoms with van der Waals surface area (Å²) in [5.74, 6) is -0.921. The number of likely N-dealkylation sites (tertiary alicyclic amines) is 1. The van der Waals surface area contributed by atoms with Crippen molar-refractivity contribution in [1.29, 1.82) is 5.26 Å². The minimum Gasteiger partial charge on any atom is -0.494 e. The zero-order valence-corrected chi connectivity index (χ0v) is 33.4. The lowest BCUT2D eigenvalue weighted by atomic mass is 9.49. The van der Waals surface area contributed by atoms with Gasteiger partial charge in [-0.2, -0.15) is 5.26 Å². The molecular formula is C43H47ClN6O7. The van der Waals surface area contributed by atoms with Gasteiger partial charge in [0.25, 0.3) is 17.7 Å². The maximum absolute atomic E-state index is 13.4. The number of benzene rings is 2. The van der Waals surface area contributed by atoms with Crippen molar-refractivity contribution in [3.05, 3.63) is 87.7 Å². The molecule has 2 aromatic carbocycles. The topological polar surface area (TPSA) is 171 Å². The number of aromatic nitrogens is 1. The third kappa shape index (κ3) is 7.85. The molecule has 298 valence electrons. The third-order valence-corrected chi connectivity index (χ3v) is 12.3. The van der Waals surface area contributed by atoms with E-state index in [0.29, 0.717) is 40.2 Å². The second kappa shape index (κ2) is 15.9. The number of hydrogen-bond acceptors (Lipinski definition) is 10. The second-order valence-corrected chi connectivity index (χ2v) is 17.0. The fourth-order valence-electron chi connectivity index (χ4n) is 9.21. The van der Waals surface area contributed by atoms with Crippen molar-refractivity contribution in [3.63, 3.8) is 0 Å². The highest BCUT2D eigenvalue weighted by atomic mass is 35.5. The zero-order valence-electron chi connectivity index (χ0n) is 32.6. The van der Waals surface area contributed by atoms with Crippen LogP contribution < -0.4 is 20.1 Å². The monoisotopic (exact) mass is 794 g/mol. The zero-order chi connectivity index (χ0) is 40.6. The van der Waals surface area contributed by atoms with Crippen molar-refractivity contribution in [1.82, 2.24) is 25.4 Å². The summed E-state index contributed by atoms with van der Waals surface area (Å²) in [6.07, 6.45) is 5.36. The molecule has 3 aliphatic heterocycles. The van der Waals surface area contributed by atoms with E-state index in [1.165, 1.54) is 0 Å². The van der Waals surface area contributed by atoms with Gasteiger partial charge in [0.05, 0.1) is 33.9 Å². The number of unbranched alkanes of at least 4 members (excludes halogenated alkanes) is 1. The number of imide groups is 2. The van der Waals surface area contributed by atoms with Crippen LogP contribution in [0.4, 0.5) is 0 Å². The first-order chi connectivity index (χ1) is 27.2. The average molecular weight is 795 g/mol. The van der Waals surface area contributed by atoms with Crippen molar-refractivity contribution >= 4 is 41.1 Å². The standard InChI is InChI=1S/C43H47ClN6O7/c1-42(2)40(43(3,4)41(42)57-29-9-7-26(23-45)32(44)22-29)48-36(52)27-8-12-33(46-24-27)25-15-18-49(19-16-25)17-5-6-20-56-28-10-11-30-31(21-28)39(55)50(38(30)54)34-13-14-35(51)47-37(34)53/h7-12,21-22,24-25,34,40-41H,5-6,13-20H2,1-4H3,(H,48,52)(H,47,51,53)/t34?,40-,41-. The van der Waals surface area contributed by atoms with Gasteiger partial charge in [0, 0.05) is 47.2 Å². The average Bonchev–Trinajstić information content (AvgIpc) is 3.43. The number of piperidine rings is 2. The molecular weight excluding hydrogens is 748 g/mol. The molecule has 0 spiro atoms. The number of rotatable bonds is 12. The highest BCUT2D eigenvalue weighted by Crippen LogP contribution is 2.55. The van der Waals surface area contributed by atoms with Gasteiger partial charge in [-0.3, -0.25) is 39.2 Å². The molecule has 1 atom stereocenters. The molecule has 5 amide bonds. The number of nitrogens with zero attached hydrogens (tertiary/aromatic N) is 4. The van der Waals surface area contributed by atoms with Crippen LogP contribution in [-0.2, 0) is 9.59 Å². The molecule has 13 nitrogen and oxygen atoms in total. The summed E-state index contributed by atoms with van der Waals surface area (Å²) < 4.78 is 12.3. The van der Waals surface area contributed by atoms with Gasteiger partial charge in [-0.05, 0) is 94.2 Å². The maximum Gasteiger partial charge on any atom is 0.262 e. The number of nitrogens with one attached hydrogen (secondary N) is 2. The Morgan fingerprint density at radius 2 is 1.67 bits per heavy atom. The molecule has 4 heterocycles. The summed E-state index contributed by atoms with van der Waals surface area (Å²) in [5.41, 5.74) is 1.59. The van der Waals surface area contributed by atoms with E-state index in [9.17, 15) is 29.2 Å². The summed E-state index contributed by atoms with van der Waals surface area (Å²) in [7, 11) is 0. The van der Waals surface area contributed by atoms with Crippen molar-refractivity contribution < 1.29 is 33.4 Å². The SMILES string of the molecule is CC1(C)[C@H](NC(=O)c2ccc(C3CCN(CCCCOc4ccc5c(c4)C(=O)N(C4CCC(=O)NC4=O)C5=O)CC3)nc2)C(C)(C)[C@H]1Oc1ccc(C#N)c(Cl)c1. The Hall–Kier alpha value is -5.32. The van der Waals surface area contributed by atoms with Crippen LogP contribution in [0.1, 0.15) is 114 Å². The number of amides is 5. The number of ether oxygens (including phenoxy) is 2. The first kappa shape index (κ1) is 39.9. The number of nitriles is 1. The summed E-state index contributed by atoms with van der Waals surface area (Å²) in [4.78, 5) is 71.4. The fraction of sp³-hybridized carbons (Fsp3) is 0.465. The predicted molar refractivity (Wildman–Crippen MR) is 210 cm³/mol. The van der Waals surface area contributed by atoms with Gasteiger partial charge < -0.3 is 19.7 Å². The quantitative estimate of drug-likeness (QED) is 0.172.